The van der Waals surface area contributed by atoms with Crippen LogP contribution in [0, 0.1) is 0 Å². The summed E-state index contributed by atoms with van der Waals surface area (Å²) in [6, 6.07) is 7.29. The number of benzene rings is 1. The number of hydrogen-bond acceptors (Lipinski definition) is 3. The summed E-state index contributed by atoms with van der Waals surface area (Å²) in [6.07, 6.45) is 0.530. The molecule has 1 heterocycles. The Kier molecular flexibility index (Phi) is 5.27. The van der Waals surface area contributed by atoms with Crippen molar-refractivity contribution < 1.29 is 13.2 Å². The summed E-state index contributed by atoms with van der Waals surface area (Å²) in [5, 5.41) is 2.85. The summed E-state index contributed by atoms with van der Waals surface area (Å²) in [7, 11) is -2.98. The van der Waals surface area contributed by atoms with Crippen LogP contribution in [0.2, 0.25) is 0 Å². The maximum atomic E-state index is 12.2. The van der Waals surface area contributed by atoms with Crippen LogP contribution in [0.25, 0.3) is 0 Å². The zero-order valence-electron chi connectivity index (χ0n) is 11.9. The normalized spacial score (nSPS) is 20.2. The Hall–Kier alpha value is -1.08. The molecule has 1 aromatic rings. The third kappa shape index (κ3) is 4.44. The van der Waals surface area contributed by atoms with Crippen molar-refractivity contribution in [1.82, 2.24) is 10.2 Å². The molecule has 1 aromatic carbocycles. The van der Waals surface area contributed by atoms with Crippen LogP contribution in [0.3, 0.4) is 0 Å². The molecule has 116 valence electrons. The molecule has 1 atom stereocenters. The number of halogens is 1. The zero-order valence-corrected chi connectivity index (χ0v) is 14.3. The number of sulfone groups is 1. The number of nitrogens with zero attached hydrogens (tertiary/aromatic N) is 1. The van der Waals surface area contributed by atoms with Gasteiger partial charge in [0.25, 0.3) is 0 Å². The Bertz CT molecular complexity index is 601. The monoisotopic (exact) mass is 374 g/mol. The first-order valence-corrected chi connectivity index (χ1v) is 9.52. The highest BCUT2D eigenvalue weighted by atomic mass is 79.9. The highest BCUT2D eigenvalue weighted by molar-refractivity contribution is 9.10. The molecular weight excluding hydrogens is 356 g/mol. The zero-order chi connectivity index (χ0) is 15.5. The van der Waals surface area contributed by atoms with Gasteiger partial charge in [0.2, 0.25) is 0 Å². The molecule has 0 spiro atoms. The minimum Gasteiger partial charge on any atom is -0.334 e. The topological polar surface area (TPSA) is 66.5 Å². The molecule has 0 aliphatic carbocycles. The van der Waals surface area contributed by atoms with Gasteiger partial charge < -0.3 is 10.2 Å². The maximum absolute atomic E-state index is 12.2. The largest absolute Gasteiger partial charge is 0.334 e. The van der Waals surface area contributed by atoms with Gasteiger partial charge in [0.1, 0.15) is 0 Å². The van der Waals surface area contributed by atoms with Gasteiger partial charge in [-0.15, -0.1) is 0 Å². The van der Waals surface area contributed by atoms with Gasteiger partial charge in [-0.05, 0) is 31.0 Å². The van der Waals surface area contributed by atoms with E-state index in [1.165, 1.54) is 0 Å². The van der Waals surface area contributed by atoms with Crippen molar-refractivity contribution >= 4 is 31.8 Å². The Morgan fingerprint density at radius 2 is 2.05 bits per heavy atom. The highest BCUT2D eigenvalue weighted by Crippen LogP contribution is 2.18. The van der Waals surface area contributed by atoms with Gasteiger partial charge in [-0.3, -0.25) is 0 Å². The van der Waals surface area contributed by atoms with Gasteiger partial charge in [-0.2, -0.15) is 0 Å². The fraction of sp³-hybridized carbons (Fsp3) is 0.500. The Morgan fingerprint density at radius 3 is 2.57 bits per heavy atom. The minimum absolute atomic E-state index is 0.0759. The molecule has 21 heavy (non-hydrogen) atoms. The second kappa shape index (κ2) is 6.79. The maximum Gasteiger partial charge on any atom is 0.317 e. The van der Waals surface area contributed by atoms with E-state index in [0.29, 0.717) is 19.5 Å². The first-order chi connectivity index (χ1) is 9.91. The number of rotatable bonds is 4. The van der Waals surface area contributed by atoms with Gasteiger partial charge in [-0.25, -0.2) is 13.2 Å². The van der Waals surface area contributed by atoms with Gasteiger partial charge in [-0.1, -0.05) is 28.1 Å². The number of hydrogen-bond donors (Lipinski definition) is 1. The second-order valence-corrected chi connectivity index (χ2v) is 8.27. The van der Waals surface area contributed by atoms with E-state index >= 15 is 0 Å². The van der Waals surface area contributed by atoms with Crippen LogP contribution in [0.5, 0.6) is 0 Å². The number of amides is 2. The molecule has 1 N–H and O–H groups in total. The molecule has 5 nitrogen and oxygen atoms in total. The lowest BCUT2D eigenvalue weighted by Crippen LogP contribution is -2.46. The summed E-state index contributed by atoms with van der Waals surface area (Å²) in [6.45, 7) is 2.80. The van der Waals surface area contributed by atoms with E-state index in [1.54, 1.807) is 4.90 Å². The van der Waals surface area contributed by atoms with Gasteiger partial charge in [0.05, 0.1) is 11.5 Å². The summed E-state index contributed by atoms with van der Waals surface area (Å²) in [4.78, 5) is 13.8. The van der Waals surface area contributed by atoms with Crippen molar-refractivity contribution in [2.24, 2.45) is 0 Å². The molecule has 1 saturated heterocycles. The summed E-state index contributed by atoms with van der Waals surface area (Å²) >= 11 is 3.36. The van der Waals surface area contributed by atoms with Crippen LogP contribution in [0.1, 0.15) is 18.9 Å². The molecule has 1 unspecified atom stereocenters. The molecule has 2 amide bonds. The average molecular weight is 375 g/mol. The molecule has 0 aromatic heterocycles. The lowest BCUT2D eigenvalue weighted by atomic mass is 10.2. The molecule has 0 bridgehead atoms. The van der Waals surface area contributed by atoms with Crippen LogP contribution in [0.15, 0.2) is 28.7 Å². The van der Waals surface area contributed by atoms with Crippen LogP contribution in [0.4, 0.5) is 4.79 Å². The summed E-state index contributed by atoms with van der Waals surface area (Å²) < 4.78 is 24.1. The van der Waals surface area contributed by atoms with E-state index in [4.69, 9.17) is 0 Å². The fourth-order valence-electron chi connectivity index (χ4n) is 2.47. The van der Waals surface area contributed by atoms with E-state index in [1.807, 2.05) is 31.2 Å². The first kappa shape index (κ1) is 16.3. The van der Waals surface area contributed by atoms with E-state index in [2.05, 4.69) is 21.2 Å². The van der Waals surface area contributed by atoms with Crippen LogP contribution in [-0.4, -0.2) is 43.4 Å². The molecule has 1 fully saturated rings. The van der Waals surface area contributed by atoms with Crippen molar-refractivity contribution in [3.8, 4) is 0 Å². The smallest absolute Gasteiger partial charge is 0.317 e. The third-order valence-corrected chi connectivity index (χ3v) is 5.89. The standard InChI is InChI=1S/C14H19BrN2O3S/c1-2-17(13-7-8-21(19,20)10-13)14(18)16-9-11-3-5-12(15)6-4-11/h3-6,13H,2,7-10H2,1H3,(H,16,18). The van der Waals surface area contributed by atoms with Crippen molar-refractivity contribution in [3.05, 3.63) is 34.3 Å². The van der Waals surface area contributed by atoms with Crippen molar-refractivity contribution in [3.63, 3.8) is 0 Å². The summed E-state index contributed by atoms with van der Waals surface area (Å²) in [5.41, 5.74) is 1.00. The highest BCUT2D eigenvalue weighted by Gasteiger charge is 2.33. The molecule has 7 heteroatoms. The SMILES string of the molecule is CCN(C(=O)NCc1ccc(Br)cc1)C1CCS(=O)(=O)C1. The average Bonchev–Trinajstić information content (AvgIpc) is 2.79. The Labute approximate surface area is 133 Å². The van der Waals surface area contributed by atoms with Crippen LogP contribution in [-0.2, 0) is 16.4 Å². The lowest BCUT2D eigenvalue weighted by Gasteiger charge is -2.27. The number of urea groups is 1. The van der Waals surface area contributed by atoms with Gasteiger partial charge in [0, 0.05) is 23.6 Å². The molecule has 0 radical (unpaired) electrons. The van der Waals surface area contributed by atoms with E-state index in [9.17, 15) is 13.2 Å². The lowest BCUT2D eigenvalue weighted by molar-refractivity contribution is 0.183. The number of nitrogens with one attached hydrogen (secondary N) is 1. The second-order valence-electron chi connectivity index (χ2n) is 5.13. The molecule has 1 aliphatic heterocycles. The molecule has 0 saturated carbocycles. The molecule has 2 rings (SSSR count). The molecular formula is C14H19BrN2O3S. The van der Waals surface area contributed by atoms with Crippen LogP contribution >= 0.6 is 15.9 Å². The quantitative estimate of drug-likeness (QED) is 0.877. The number of carbonyl (C=O) groups excluding carboxylic acids is 1. The van der Waals surface area contributed by atoms with Crippen molar-refractivity contribution in [2.75, 3.05) is 18.1 Å². The summed E-state index contributed by atoms with van der Waals surface area (Å²) in [5.74, 6) is 0.251. The Morgan fingerprint density at radius 1 is 1.38 bits per heavy atom. The van der Waals surface area contributed by atoms with Crippen LogP contribution < -0.4 is 5.32 Å². The van der Waals surface area contributed by atoms with Crippen molar-refractivity contribution in [2.45, 2.75) is 25.9 Å². The van der Waals surface area contributed by atoms with E-state index < -0.39 is 9.84 Å². The van der Waals surface area contributed by atoms with Gasteiger partial charge >= 0.3 is 6.03 Å². The van der Waals surface area contributed by atoms with E-state index in [-0.39, 0.29) is 23.6 Å². The van der Waals surface area contributed by atoms with E-state index in [0.717, 1.165) is 10.0 Å². The predicted molar refractivity (Wildman–Crippen MR) is 85.8 cm³/mol. The Balaban J connectivity index is 1.93. The fourth-order valence-corrected chi connectivity index (χ4v) is 4.47. The third-order valence-electron chi connectivity index (χ3n) is 3.61. The number of carbonyl (C=O) groups is 1. The predicted octanol–water partition coefficient (Wildman–Crippen LogP) is 2.17. The molecule has 1 aliphatic rings. The minimum atomic E-state index is -2.98. The van der Waals surface area contributed by atoms with Crippen molar-refractivity contribution in [1.29, 1.82) is 0 Å². The first-order valence-electron chi connectivity index (χ1n) is 6.90. The van der Waals surface area contributed by atoms with Gasteiger partial charge in [0.15, 0.2) is 9.84 Å².